The van der Waals surface area contributed by atoms with E-state index in [0.29, 0.717) is 22.6 Å². The molecule has 0 N–H and O–H groups in total. The molecule has 0 spiro atoms. The number of piperazine rings is 1. The maximum atomic E-state index is 13.9. The van der Waals surface area contributed by atoms with Crippen LogP contribution in [0.4, 0.5) is 0 Å². The maximum Gasteiger partial charge on any atom is 0.342 e. The molecule has 1 saturated heterocycles. The molecule has 1 aliphatic heterocycles. The van der Waals surface area contributed by atoms with Crippen molar-refractivity contribution in [2.24, 2.45) is 0 Å². The van der Waals surface area contributed by atoms with E-state index in [1.165, 1.54) is 9.21 Å². The van der Waals surface area contributed by atoms with Crippen molar-refractivity contribution >= 4 is 32.8 Å². The second-order valence-electron chi connectivity index (χ2n) is 10.2. The zero-order valence-corrected chi connectivity index (χ0v) is 24.1. The van der Waals surface area contributed by atoms with Crippen LogP contribution in [0.1, 0.15) is 47.3 Å². The predicted molar refractivity (Wildman–Crippen MR) is 154 cm³/mol. The van der Waals surface area contributed by atoms with Crippen LogP contribution < -0.4 is 0 Å². The number of carbonyl (C=O) groups is 2. The molecule has 2 aromatic carbocycles. The third-order valence-corrected chi connectivity index (χ3v) is 8.95. The number of pyridine rings is 1. The number of esters is 1. The van der Waals surface area contributed by atoms with Gasteiger partial charge in [0.1, 0.15) is 16.2 Å². The Kier molecular flexibility index (Phi) is 7.83. The number of hydrogen-bond donors (Lipinski definition) is 0. The van der Waals surface area contributed by atoms with E-state index in [1.54, 1.807) is 52.1 Å². The summed E-state index contributed by atoms with van der Waals surface area (Å²) in [5, 5.41) is 0.726. The quantitative estimate of drug-likeness (QED) is 0.316. The second kappa shape index (κ2) is 11.3. The van der Waals surface area contributed by atoms with Crippen LogP contribution in [-0.2, 0) is 14.8 Å². The van der Waals surface area contributed by atoms with E-state index in [-0.39, 0.29) is 35.8 Å². The molecule has 11 heteroatoms. The lowest BCUT2D eigenvalue weighted by atomic mass is 10.1. The molecule has 1 amide bonds. The van der Waals surface area contributed by atoms with Gasteiger partial charge in [0.25, 0.3) is 5.91 Å². The van der Waals surface area contributed by atoms with Gasteiger partial charge in [0, 0.05) is 42.8 Å². The highest BCUT2D eigenvalue weighted by Gasteiger charge is 2.38. The summed E-state index contributed by atoms with van der Waals surface area (Å²) < 4.78 is 34.3. The van der Waals surface area contributed by atoms with Crippen molar-refractivity contribution in [2.45, 2.75) is 44.7 Å². The topological polar surface area (TPSA) is 123 Å². The number of aromatic nitrogens is 3. The molecule has 41 heavy (non-hydrogen) atoms. The van der Waals surface area contributed by atoms with Crippen molar-refractivity contribution in [1.29, 1.82) is 0 Å². The Bertz CT molecular complexity index is 1720. The van der Waals surface area contributed by atoms with E-state index >= 15 is 0 Å². The van der Waals surface area contributed by atoms with Crippen LogP contribution in [0.5, 0.6) is 0 Å². The fourth-order valence-corrected chi connectivity index (χ4v) is 6.78. The lowest BCUT2D eigenvalue weighted by Crippen LogP contribution is -2.55. The van der Waals surface area contributed by atoms with Gasteiger partial charge in [-0.05, 0) is 39.8 Å². The molecule has 0 aliphatic carbocycles. The van der Waals surface area contributed by atoms with Crippen molar-refractivity contribution in [2.75, 3.05) is 19.6 Å². The first-order valence-electron chi connectivity index (χ1n) is 13.4. The van der Waals surface area contributed by atoms with Crippen molar-refractivity contribution < 1.29 is 22.7 Å². The first-order valence-corrected chi connectivity index (χ1v) is 14.8. The number of benzene rings is 2. The fraction of sp³-hybridized carbons (Fsp3) is 0.300. The molecule has 1 atom stereocenters. The summed E-state index contributed by atoms with van der Waals surface area (Å²) in [7, 11) is -3.90. The molecular weight excluding hydrogens is 542 g/mol. The van der Waals surface area contributed by atoms with Gasteiger partial charge in [-0.2, -0.15) is 4.31 Å². The van der Waals surface area contributed by atoms with E-state index in [4.69, 9.17) is 4.74 Å². The van der Waals surface area contributed by atoms with Crippen molar-refractivity contribution in [1.82, 2.24) is 24.2 Å². The number of amides is 1. The number of sulfonamides is 1. The van der Waals surface area contributed by atoms with Crippen molar-refractivity contribution in [3.05, 3.63) is 83.8 Å². The smallest absolute Gasteiger partial charge is 0.342 e. The Morgan fingerprint density at radius 2 is 1.71 bits per heavy atom. The predicted octanol–water partition coefficient (Wildman–Crippen LogP) is 4.10. The highest BCUT2D eigenvalue weighted by atomic mass is 32.2. The summed E-state index contributed by atoms with van der Waals surface area (Å²) in [6.07, 6.45) is 1.16. The summed E-state index contributed by atoms with van der Waals surface area (Å²) >= 11 is 0. The molecule has 212 valence electrons. The number of carbonyl (C=O) groups excluding carboxylic acids is 2. The van der Waals surface area contributed by atoms with Gasteiger partial charge in [0.15, 0.2) is 5.82 Å². The molecule has 0 bridgehead atoms. The minimum Gasteiger partial charge on any atom is -0.459 e. The molecule has 2 aromatic heterocycles. The average molecular weight is 574 g/mol. The van der Waals surface area contributed by atoms with Gasteiger partial charge in [-0.3, -0.25) is 9.78 Å². The summed E-state index contributed by atoms with van der Waals surface area (Å²) in [4.78, 5) is 42.0. The molecular formula is C30H31N5O5S. The molecule has 3 heterocycles. The normalized spacial score (nSPS) is 16.2. The Balaban J connectivity index is 1.47. The highest BCUT2D eigenvalue weighted by molar-refractivity contribution is 7.89. The van der Waals surface area contributed by atoms with Crippen LogP contribution in [0.3, 0.4) is 0 Å². The lowest BCUT2D eigenvalue weighted by Gasteiger charge is -2.39. The van der Waals surface area contributed by atoms with Crippen LogP contribution >= 0.6 is 0 Å². The molecule has 1 fully saturated rings. The SMILES string of the molecule is Cc1nc(-c2ccccc2)nc(C(=O)N2CCN(S(=O)(=O)c3cccc4cccnc34)C(C)C2)c1C(=O)OC(C)C. The maximum absolute atomic E-state index is 13.9. The van der Waals surface area contributed by atoms with E-state index in [0.717, 1.165) is 5.39 Å². The van der Waals surface area contributed by atoms with Crippen LogP contribution in [0.25, 0.3) is 22.3 Å². The second-order valence-corrected chi connectivity index (χ2v) is 12.1. The van der Waals surface area contributed by atoms with Gasteiger partial charge >= 0.3 is 5.97 Å². The van der Waals surface area contributed by atoms with E-state index in [9.17, 15) is 18.0 Å². The van der Waals surface area contributed by atoms with E-state index < -0.39 is 34.0 Å². The molecule has 0 saturated carbocycles. The third-order valence-electron chi connectivity index (χ3n) is 6.91. The summed E-state index contributed by atoms with van der Waals surface area (Å²) in [5.74, 6) is -0.859. The first kappa shape index (κ1) is 28.3. The van der Waals surface area contributed by atoms with Gasteiger partial charge < -0.3 is 9.64 Å². The zero-order valence-electron chi connectivity index (χ0n) is 23.3. The number of aryl methyl sites for hydroxylation is 1. The number of fused-ring (bicyclic) bond motifs is 1. The number of rotatable bonds is 6. The third kappa shape index (κ3) is 5.55. The van der Waals surface area contributed by atoms with Gasteiger partial charge in [0.2, 0.25) is 10.0 Å². The number of nitrogens with zero attached hydrogens (tertiary/aromatic N) is 5. The largest absolute Gasteiger partial charge is 0.459 e. The Morgan fingerprint density at radius 3 is 2.41 bits per heavy atom. The van der Waals surface area contributed by atoms with Gasteiger partial charge in [-0.1, -0.05) is 48.5 Å². The van der Waals surface area contributed by atoms with E-state index in [1.807, 2.05) is 42.5 Å². The molecule has 0 radical (unpaired) electrons. The van der Waals surface area contributed by atoms with Crippen LogP contribution in [0.2, 0.25) is 0 Å². The average Bonchev–Trinajstić information content (AvgIpc) is 2.95. The van der Waals surface area contributed by atoms with Gasteiger partial charge in [-0.15, -0.1) is 0 Å². The molecule has 10 nitrogen and oxygen atoms in total. The molecule has 5 rings (SSSR count). The molecule has 4 aromatic rings. The Morgan fingerprint density at radius 1 is 0.976 bits per heavy atom. The van der Waals surface area contributed by atoms with Crippen LogP contribution in [0.15, 0.2) is 71.8 Å². The zero-order chi connectivity index (χ0) is 29.3. The Hall–Kier alpha value is -4.22. The molecule has 1 unspecified atom stereocenters. The minimum absolute atomic E-state index is 0.00733. The summed E-state index contributed by atoms with van der Waals surface area (Å²) in [6.45, 7) is 7.14. The van der Waals surface area contributed by atoms with Crippen LogP contribution in [-0.4, -0.2) is 76.2 Å². The lowest BCUT2D eigenvalue weighted by molar-refractivity contribution is 0.0368. The summed E-state index contributed by atoms with van der Waals surface area (Å²) in [5.41, 5.74) is 1.36. The number of hydrogen-bond acceptors (Lipinski definition) is 8. The van der Waals surface area contributed by atoms with Crippen molar-refractivity contribution in [3.63, 3.8) is 0 Å². The van der Waals surface area contributed by atoms with E-state index in [2.05, 4.69) is 15.0 Å². The number of ether oxygens (including phenoxy) is 1. The van der Waals surface area contributed by atoms with Crippen molar-refractivity contribution in [3.8, 4) is 11.4 Å². The van der Waals surface area contributed by atoms with Gasteiger partial charge in [0.05, 0.1) is 17.3 Å². The standard InChI is InChI=1S/C30H31N5O5S/c1-19(2)40-30(37)25-21(4)32-28(23-10-6-5-7-11-23)33-27(25)29(36)34-16-17-35(20(3)18-34)41(38,39)24-14-8-12-22-13-9-15-31-26(22)24/h5-15,19-20H,16-18H2,1-4H3. The monoisotopic (exact) mass is 573 g/mol. The molecule has 1 aliphatic rings. The van der Waals surface area contributed by atoms with Gasteiger partial charge in [-0.25, -0.2) is 23.2 Å². The fourth-order valence-electron chi connectivity index (χ4n) is 5.00. The highest BCUT2D eigenvalue weighted by Crippen LogP contribution is 2.28. The minimum atomic E-state index is -3.90. The Labute approximate surface area is 239 Å². The number of para-hydroxylation sites is 1. The first-order chi connectivity index (χ1) is 19.6. The summed E-state index contributed by atoms with van der Waals surface area (Å²) in [6, 6.07) is 17.3. The van der Waals surface area contributed by atoms with Crippen LogP contribution in [0, 0.1) is 6.92 Å².